The Morgan fingerprint density at radius 2 is 1.39 bits per heavy atom. The second-order valence-corrected chi connectivity index (χ2v) is 12.2. The molecule has 1 aliphatic rings. The van der Waals surface area contributed by atoms with E-state index in [9.17, 15) is 19.7 Å². The Morgan fingerprint density at radius 1 is 0.891 bits per heavy atom. The van der Waals surface area contributed by atoms with Gasteiger partial charge in [-0.05, 0) is 44.4 Å². The number of carbonyl (C=O) groups is 2. The van der Waals surface area contributed by atoms with Crippen LogP contribution < -0.4 is 22.6 Å². The summed E-state index contributed by atoms with van der Waals surface area (Å²) in [5.74, 6) is -1.76. The van der Waals surface area contributed by atoms with Gasteiger partial charge in [0, 0.05) is 35.9 Å². The average Bonchev–Trinajstić information content (AvgIpc) is 3.01. The highest BCUT2D eigenvalue weighted by atomic mass is 35.5. The Bertz CT molecular complexity index is 1550. The number of non-ortho nitro benzene ring substituents is 1. The number of nitrogens with zero attached hydrogens (tertiary/aromatic N) is 1. The molecule has 0 saturated carbocycles. The van der Waals surface area contributed by atoms with Crippen molar-refractivity contribution in [3.05, 3.63) is 134 Å². The van der Waals surface area contributed by atoms with Gasteiger partial charge in [0.1, 0.15) is 6.54 Å². The van der Waals surface area contributed by atoms with E-state index < -0.39 is 28.4 Å². The van der Waals surface area contributed by atoms with E-state index in [2.05, 4.69) is 60.9 Å². The zero-order chi connectivity index (χ0) is 32.7. The zero-order valence-electron chi connectivity index (χ0n) is 27.1. The van der Waals surface area contributed by atoms with Gasteiger partial charge in [0.15, 0.2) is 5.60 Å². The Labute approximate surface area is 276 Å². The fraction of sp³-hybridized carbons (Fsp3) is 0.333. The summed E-state index contributed by atoms with van der Waals surface area (Å²) in [6.45, 7) is 8.65. The molecule has 10 heteroatoms. The molecule has 0 saturated heterocycles. The predicted molar refractivity (Wildman–Crippen MR) is 173 cm³/mol. The molecule has 46 heavy (non-hydrogen) atoms. The fourth-order valence-electron chi connectivity index (χ4n) is 6.21. The summed E-state index contributed by atoms with van der Waals surface area (Å²) < 4.78 is 11.2. The van der Waals surface area contributed by atoms with Crippen LogP contribution in [-0.4, -0.2) is 49.7 Å². The van der Waals surface area contributed by atoms with Gasteiger partial charge >= 0.3 is 11.9 Å². The number of esters is 2. The molecule has 1 aliphatic heterocycles. The van der Waals surface area contributed by atoms with Crippen LogP contribution >= 0.6 is 0 Å². The van der Waals surface area contributed by atoms with E-state index in [0.717, 1.165) is 13.0 Å². The van der Waals surface area contributed by atoms with Crippen molar-refractivity contribution in [2.45, 2.75) is 51.6 Å². The Balaban J connectivity index is 0.00000576. The van der Waals surface area contributed by atoms with Crippen molar-refractivity contribution in [2.75, 3.05) is 27.2 Å². The minimum absolute atomic E-state index is 0. The number of allylic oxidation sites excluding steroid dienone is 2. The van der Waals surface area contributed by atoms with E-state index in [0.29, 0.717) is 23.5 Å². The van der Waals surface area contributed by atoms with E-state index in [1.807, 2.05) is 26.0 Å². The molecule has 2 unspecified atom stereocenters. The number of quaternary nitrogens is 1. The van der Waals surface area contributed by atoms with E-state index >= 15 is 0 Å². The minimum Gasteiger partial charge on any atom is -1.00 e. The lowest BCUT2D eigenvalue weighted by molar-refractivity contribution is -0.886. The number of dihydropyridines is 1. The van der Waals surface area contributed by atoms with Gasteiger partial charge < -0.3 is 32.1 Å². The molecule has 0 radical (unpaired) electrons. The maximum Gasteiger partial charge on any atom is 0.337 e. The number of nitrogens with one attached hydrogen (secondary N) is 2. The van der Waals surface area contributed by atoms with Gasteiger partial charge in [0.25, 0.3) is 5.69 Å². The van der Waals surface area contributed by atoms with Crippen LogP contribution in [0.5, 0.6) is 0 Å². The number of rotatable bonds is 12. The molecule has 3 aromatic carbocycles. The normalized spacial score (nSPS) is 15.5. The van der Waals surface area contributed by atoms with Crippen LogP contribution in [0.4, 0.5) is 5.69 Å². The van der Waals surface area contributed by atoms with E-state index in [1.165, 1.54) is 35.3 Å². The van der Waals surface area contributed by atoms with Crippen molar-refractivity contribution in [2.24, 2.45) is 0 Å². The fourth-order valence-corrected chi connectivity index (χ4v) is 6.21. The molecule has 0 amide bonds. The van der Waals surface area contributed by atoms with Crippen LogP contribution in [0.15, 0.2) is 107 Å². The van der Waals surface area contributed by atoms with E-state index in [-0.39, 0.29) is 35.2 Å². The molecule has 4 rings (SSSR count). The first-order valence-corrected chi connectivity index (χ1v) is 15.1. The Hall–Kier alpha value is -4.47. The molecular weight excluding hydrogens is 606 g/mol. The largest absolute Gasteiger partial charge is 1.00 e. The maximum atomic E-state index is 14.0. The summed E-state index contributed by atoms with van der Waals surface area (Å²) >= 11 is 0. The number of ether oxygens (including phenoxy) is 2. The topological polar surface area (TPSA) is 112 Å². The molecular formula is C36H42ClN3O6. The van der Waals surface area contributed by atoms with Crippen molar-refractivity contribution < 1.29 is 41.3 Å². The Kier molecular flexibility index (Phi) is 12.3. The van der Waals surface area contributed by atoms with Gasteiger partial charge in [0.2, 0.25) is 0 Å². The minimum atomic E-state index is -0.842. The average molecular weight is 648 g/mol. The predicted octanol–water partition coefficient (Wildman–Crippen LogP) is 2.07. The van der Waals surface area contributed by atoms with Gasteiger partial charge in [-0.1, -0.05) is 72.8 Å². The van der Waals surface area contributed by atoms with Gasteiger partial charge in [-0.3, -0.25) is 10.1 Å². The quantitative estimate of drug-likeness (QED) is 0.176. The summed E-state index contributed by atoms with van der Waals surface area (Å²) in [4.78, 5) is 38.9. The summed E-state index contributed by atoms with van der Waals surface area (Å²) in [7, 11) is 3.37. The summed E-state index contributed by atoms with van der Waals surface area (Å²) in [6, 6.07) is 26.8. The molecule has 0 fully saturated rings. The third kappa shape index (κ3) is 8.62. The van der Waals surface area contributed by atoms with E-state index in [4.69, 9.17) is 9.47 Å². The second-order valence-electron chi connectivity index (χ2n) is 12.2. The first kappa shape index (κ1) is 36.0. The maximum absolute atomic E-state index is 14.0. The second kappa shape index (κ2) is 15.7. The summed E-state index contributed by atoms with van der Waals surface area (Å²) in [5.41, 5.74) is 3.71. The van der Waals surface area contributed by atoms with Crippen molar-refractivity contribution in [3.8, 4) is 0 Å². The Morgan fingerprint density at radius 3 is 1.87 bits per heavy atom. The van der Waals surface area contributed by atoms with E-state index in [1.54, 1.807) is 26.0 Å². The molecule has 9 nitrogen and oxygen atoms in total. The van der Waals surface area contributed by atoms with Gasteiger partial charge in [-0.25, -0.2) is 9.59 Å². The smallest absolute Gasteiger partial charge is 0.337 e. The SMILES string of the molecule is COC(=O)C1=C(C)NC(C)=C(C(=O)OC(C)(C)C[NH+](C)CCC(c2ccccc2)c2ccccc2)C1c1ccc([N+](=O)[O-])cc1.[Cl-]. The number of carbonyl (C=O) groups excluding carboxylic acids is 2. The first-order chi connectivity index (χ1) is 21.4. The monoisotopic (exact) mass is 647 g/mol. The molecule has 3 aromatic rings. The molecule has 0 aliphatic carbocycles. The molecule has 0 spiro atoms. The molecule has 2 atom stereocenters. The lowest BCUT2D eigenvalue weighted by atomic mass is 9.80. The highest BCUT2D eigenvalue weighted by Gasteiger charge is 2.40. The van der Waals surface area contributed by atoms with Gasteiger partial charge in [0.05, 0.1) is 42.7 Å². The van der Waals surface area contributed by atoms with Crippen LogP contribution in [0, 0.1) is 10.1 Å². The number of nitro groups is 1. The van der Waals surface area contributed by atoms with Crippen molar-refractivity contribution in [1.29, 1.82) is 0 Å². The summed E-state index contributed by atoms with van der Waals surface area (Å²) in [6.07, 6.45) is 0.910. The first-order valence-electron chi connectivity index (χ1n) is 15.1. The molecule has 1 heterocycles. The van der Waals surface area contributed by atoms with Crippen LogP contribution in [0.3, 0.4) is 0 Å². The number of nitro benzene ring substituents is 1. The van der Waals surface area contributed by atoms with Gasteiger partial charge in [-0.15, -0.1) is 0 Å². The molecule has 244 valence electrons. The van der Waals surface area contributed by atoms with Crippen molar-refractivity contribution >= 4 is 17.6 Å². The number of likely N-dealkylation sites (N-methyl/N-ethyl adjacent to an activating group) is 1. The van der Waals surface area contributed by atoms with Crippen molar-refractivity contribution in [1.82, 2.24) is 5.32 Å². The number of benzene rings is 3. The lowest BCUT2D eigenvalue weighted by Crippen LogP contribution is -3.11. The standard InChI is InChI=1S/C36H41N3O6.ClH/c1-24-31(34(40)44-6)33(28-17-19-29(20-18-28)39(42)43)32(25(2)37-24)35(41)45-36(3,4)23-38(5)22-21-30(26-13-9-7-10-14-26)27-15-11-8-12-16-27;/h7-20,30,33,37H,21-23H2,1-6H3;1H. The highest BCUT2D eigenvalue weighted by Crippen LogP contribution is 2.40. The van der Waals surface area contributed by atoms with Crippen LogP contribution in [-0.2, 0) is 19.1 Å². The zero-order valence-corrected chi connectivity index (χ0v) is 27.9. The summed E-state index contributed by atoms with van der Waals surface area (Å²) in [5, 5.41) is 14.4. The number of hydrogen-bond acceptors (Lipinski definition) is 7. The van der Waals surface area contributed by atoms with Crippen molar-refractivity contribution in [3.63, 3.8) is 0 Å². The molecule has 2 N–H and O–H groups in total. The molecule has 0 bridgehead atoms. The third-order valence-corrected chi connectivity index (χ3v) is 8.18. The number of hydrogen-bond donors (Lipinski definition) is 2. The number of methoxy groups -OCH3 is 1. The van der Waals surface area contributed by atoms with Crippen LogP contribution in [0.1, 0.15) is 62.6 Å². The van der Waals surface area contributed by atoms with Crippen LogP contribution in [0.25, 0.3) is 0 Å². The van der Waals surface area contributed by atoms with Crippen LogP contribution in [0.2, 0.25) is 0 Å². The number of halogens is 1. The molecule has 0 aromatic heterocycles. The lowest BCUT2D eigenvalue weighted by Gasteiger charge is -2.33. The van der Waals surface area contributed by atoms with Gasteiger partial charge in [-0.2, -0.15) is 0 Å². The highest BCUT2D eigenvalue weighted by molar-refractivity contribution is 6.00. The third-order valence-electron chi connectivity index (χ3n) is 8.18.